The average Bonchev–Trinajstić information content (AvgIpc) is 1.97. The maximum atomic E-state index is 10.8. The van der Waals surface area contributed by atoms with E-state index in [9.17, 15) is 9.36 Å². The zero-order valence-corrected chi connectivity index (χ0v) is 7.62. The monoisotopic (exact) mass is 196 g/mol. The van der Waals surface area contributed by atoms with Gasteiger partial charge in [0.05, 0.1) is 12.9 Å². The van der Waals surface area contributed by atoms with Crippen LogP contribution in [-0.2, 0) is 9.36 Å². The molecule has 0 aliphatic carbocycles. The summed E-state index contributed by atoms with van der Waals surface area (Å²) in [5, 5.41) is 10.6. The van der Waals surface area contributed by atoms with Gasteiger partial charge in [-0.3, -0.25) is 9.36 Å². The zero-order valence-electron chi connectivity index (χ0n) is 6.73. The van der Waals surface area contributed by atoms with Crippen LogP contribution in [0.15, 0.2) is 0 Å². The van der Waals surface area contributed by atoms with E-state index in [-0.39, 0.29) is 6.29 Å². The molecule has 1 unspecified atom stereocenters. The Labute approximate surface area is 70.2 Å². The van der Waals surface area contributed by atoms with Crippen LogP contribution in [0.5, 0.6) is 0 Å². The highest BCUT2D eigenvalue weighted by atomic mass is 31.2. The first kappa shape index (κ1) is 11.6. The highest BCUT2D eigenvalue weighted by Crippen LogP contribution is 2.32. The number of hydrogen-bond donors (Lipinski definition) is 4. The van der Waals surface area contributed by atoms with Crippen LogP contribution in [0.4, 0.5) is 0 Å². The van der Waals surface area contributed by atoms with Crippen LogP contribution < -0.4 is 11.1 Å². The number of aliphatic hydroxyl groups is 1. The second-order valence-corrected chi connectivity index (χ2v) is 4.96. The molecule has 0 saturated heterocycles. The Morgan fingerprint density at radius 1 is 1.75 bits per heavy atom. The number of carbonyl (C=O) groups is 1. The Kier molecular flexibility index (Phi) is 4.41. The number of nitrogens with two attached hydrogens (primary N) is 1. The zero-order chi connectivity index (χ0) is 9.78. The standard InChI is InChI=1S/C5H13N2O4P/c1-12(10,11)3-7-5(9)4(6)2-8/h4,8H,2-3,6H2,1H3,(H,7,9)(H,10,11)/t4-/m0/s1. The van der Waals surface area contributed by atoms with Gasteiger partial charge in [0, 0.05) is 6.66 Å². The van der Waals surface area contributed by atoms with Crippen molar-refractivity contribution in [2.24, 2.45) is 5.73 Å². The molecule has 0 radical (unpaired) electrons. The predicted octanol–water partition coefficient (Wildman–Crippen LogP) is -1.72. The summed E-state index contributed by atoms with van der Waals surface area (Å²) in [6.07, 6.45) is -0.320. The van der Waals surface area contributed by atoms with Crippen LogP contribution in [0.3, 0.4) is 0 Å². The minimum atomic E-state index is -3.24. The molecule has 0 rings (SSSR count). The van der Waals surface area contributed by atoms with E-state index in [0.717, 1.165) is 6.66 Å². The molecule has 0 aliphatic rings. The fourth-order valence-corrected chi connectivity index (χ4v) is 0.888. The van der Waals surface area contributed by atoms with Crippen molar-refractivity contribution in [3.8, 4) is 0 Å². The minimum absolute atomic E-state index is 0.320. The molecule has 2 atom stereocenters. The van der Waals surface area contributed by atoms with Crippen molar-refractivity contribution in [2.75, 3.05) is 19.6 Å². The van der Waals surface area contributed by atoms with Gasteiger partial charge in [-0.1, -0.05) is 0 Å². The lowest BCUT2D eigenvalue weighted by atomic mass is 10.3. The first-order valence-corrected chi connectivity index (χ1v) is 5.59. The van der Waals surface area contributed by atoms with E-state index < -0.39 is 25.9 Å². The molecule has 1 amide bonds. The molecular formula is C5H13N2O4P. The maximum absolute atomic E-state index is 10.8. The largest absolute Gasteiger partial charge is 0.394 e. The number of rotatable bonds is 4. The van der Waals surface area contributed by atoms with Gasteiger partial charge in [-0.15, -0.1) is 0 Å². The molecule has 12 heavy (non-hydrogen) atoms. The summed E-state index contributed by atoms with van der Waals surface area (Å²) in [5.41, 5.74) is 5.11. The number of aliphatic hydroxyl groups excluding tert-OH is 1. The molecule has 0 saturated carbocycles. The highest BCUT2D eigenvalue weighted by molar-refractivity contribution is 7.57. The summed E-state index contributed by atoms with van der Waals surface area (Å²) in [6.45, 7) is 0.642. The first-order valence-electron chi connectivity index (χ1n) is 3.30. The molecule has 0 spiro atoms. The van der Waals surface area contributed by atoms with Gasteiger partial charge < -0.3 is 21.1 Å². The summed E-state index contributed by atoms with van der Waals surface area (Å²) in [7, 11) is -3.24. The quantitative estimate of drug-likeness (QED) is 0.399. The second-order valence-electron chi connectivity index (χ2n) is 2.54. The van der Waals surface area contributed by atoms with Gasteiger partial charge in [0.1, 0.15) is 6.04 Å². The average molecular weight is 196 g/mol. The Bertz CT molecular complexity index is 202. The first-order chi connectivity index (χ1) is 5.37. The molecule has 5 N–H and O–H groups in total. The van der Waals surface area contributed by atoms with Gasteiger partial charge in [-0.25, -0.2) is 0 Å². The summed E-state index contributed by atoms with van der Waals surface area (Å²) >= 11 is 0. The molecule has 7 heteroatoms. The summed E-state index contributed by atoms with van der Waals surface area (Å²) in [4.78, 5) is 19.6. The van der Waals surface area contributed by atoms with Gasteiger partial charge in [0.2, 0.25) is 13.3 Å². The van der Waals surface area contributed by atoms with E-state index in [4.69, 9.17) is 15.7 Å². The van der Waals surface area contributed by atoms with E-state index >= 15 is 0 Å². The van der Waals surface area contributed by atoms with Gasteiger partial charge >= 0.3 is 0 Å². The summed E-state index contributed by atoms with van der Waals surface area (Å²) < 4.78 is 10.7. The molecule has 0 aromatic carbocycles. The van der Waals surface area contributed by atoms with Crippen molar-refractivity contribution in [3.05, 3.63) is 0 Å². The van der Waals surface area contributed by atoms with E-state index in [1.165, 1.54) is 0 Å². The molecule has 0 bridgehead atoms. The number of amides is 1. The van der Waals surface area contributed by atoms with E-state index in [0.29, 0.717) is 0 Å². The topological polar surface area (TPSA) is 113 Å². The van der Waals surface area contributed by atoms with Crippen LogP contribution in [-0.4, -0.2) is 41.5 Å². The second kappa shape index (κ2) is 4.57. The fraction of sp³-hybridized carbons (Fsp3) is 0.800. The summed E-state index contributed by atoms with van der Waals surface area (Å²) in [5.74, 6) is -0.631. The van der Waals surface area contributed by atoms with Gasteiger partial charge in [0.25, 0.3) is 0 Å². The third-order valence-corrected chi connectivity index (χ3v) is 1.82. The summed E-state index contributed by atoms with van der Waals surface area (Å²) in [6, 6.07) is -1.03. The molecule has 0 heterocycles. The fourth-order valence-electron chi connectivity index (χ4n) is 0.439. The number of hydrogen-bond acceptors (Lipinski definition) is 4. The minimum Gasteiger partial charge on any atom is -0.394 e. The van der Waals surface area contributed by atoms with Crippen molar-refractivity contribution in [3.63, 3.8) is 0 Å². The molecule has 0 aromatic rings. The predicted molar refractivity (Wildman–Crippen MR) is 43.8 cm³/mol. The molecule has 0 aromatic heterocycles. The van der Waals surface area contributed by atoms with Crippen LogP contribution in [0.25, 0.3) is 0 Å². The van der Waals surface area contributed by atoms with Crippen molar-refractivity contribution < 1.29 is 19.4 Å². The number of nitrogens with one attached hydrogen (secondary N) is 1. The lowest BCUT2D eigenvalue weighted by Gasteiger charge is -2.10. The molecule has 6 nitrogen and oxygen atoms in total. The van der Waals surface area contributed by atoms with E-state index in [2.05, 4.69) is 5.32 Å². The molecule has 0 fully saturated rings. The van der Waals surface area contributed by atoms with E-state index in [1.807, 2.05) is 0 Å². The lowest BCUT2D eigenvalue weighted by Crippen LogP contribution is -2.43. The maximum Gasteiger partial charge on any atom is 0.239 e. The van der Waals surface area contributed by atoms with Gasteiger partial charge in [0.15, 0.2) is 0 Å². The van der Waals surface area contributed by atoms with Crippen molar-refractivity contribution in [1.82, 2.24) is 5.32 Å². The van der Waals surface area contributed by atoms with Crippen LogP contribution in [0, 0.1) is 0 Å². The Balaban J connectivity index is 3.80. The Hall–Kier alpha value is -0.420. The third kappa shape index (κ3) is 5.26. The van der Waals surface area contributed by atoms with Crippen LogP contribution in [0.1, 0.15) is 0 Å². The smallest absolute Gasteiger partial charge is 0.239 e. The molecule has 72 valence electrons. The number of carbonyl (C=O) groups excluding carboxylic acids is 1. The van der Waals surface area contributed by atoms with Crippen molar-refractivity contribution >= 4 is 13.3 Å². The van der Waals surface area contributed by atoms with E-state index in [1.54, 1.807) is 0 Å². The van der Waals surface area contributed by atoms with Crippen molar-refractivity contribution in [2.45, 2.75) is 6.04 Å². The lowest BCUT2D eigenvalue weighted by molar-refractivity contribution is -0.122. The van der Waals surface area contributed by atoms with Crippen molar-refractivity contribution in [1.29, 1.82) is 0 Å². The molecular weight excluding hydrogens is 183 g/mol. The Morgan fingerprint density at radius 2 is 2.25 bits per heavy atom. The van der Waals surface area contributed by atoms with Gasteiger partial charge in [-0.2, -0.15) is 0 Å². The highest BCUT2D eigenvalue weighted by Gasteiger charge is 2.15. The van der Waals surface area contributed by atoms with Crippen LogP contribution >= 0.6 is 7.37 Å². The SMILES string of the molecule is CP(=O)(O)CNC(=O)[C@@H](N)CO. The third-order valence-electron chi connectivity index (χ3n) is 1.08. The normalized spacial score (nSPS) is 18.0. The van der Waals surface area contributed by atoms with Crippen LogP contribution in [0.2, 0.25) is 0 Å². The Morgan fingerprint density at radius 3 is 2.58 bits per heavy atom. The molecule has 0 aliphatic heterocycles. The van der Waals surface area contributed by atoms with Gasteiger partial charge in [-0.05, 0) is 0 Å².